The Hall–Kier alpha value is -2.63. The van der Waals surface area contributed by atoms with Gasteiger partial charge in [0.05, 0.1) is 11.5 Å². The lowest BCUT2D eigenvalue weighted by Gasteiger charge is -2.51. The molecule has 12 heteroatoms. The second-order valence-corrected chi connectivity index (χ2v) is 9.17. The molecule has 1 aromatic rings. The van der Waals surface area contributed by atoms with E-state index in [2.05, 4.69) is 5.10 Å². The first-order chi connectivity index (χ1) is 16.0. The van der Waals surface area contributed by atoms with Crippen LogP contribution in [0.5, 0.6) is 0 Å². The number of aromatic nitrogens is 2. The number of carboxylic acid groups (broad SMARTS) is 1. The Labute approximate surface area is 195 Å². The molecule has 0 radical (unpaired) electrons. The number of nitrogens with zero attached hydrogens (tertiary/aromatic N) is 4. The molecule has 0 spiro atoms. The van der Waals surface area contributed by atoms with Gasteiger partial charge in [0.15, 0.2) is 0 Å². The number of hydrogen-bond donors (Lipinski definition) is 1. The van der Waals surface area contributed by atoms with Gasteiger partial charge in [0.25, 0.3) is 0 Å². The summed E-state index contributed by atoms with van der Waals surface area (Å²) in [4.78, 5) is 38.6. The van der Waals surface area contributed by atoms with Crippen LogP contribution in [-0.4, -0.2) is 88.5 Å². The molecule has 3 heterocycles. The third-order valence-electron chi connectivity index (χ3n) is 7.08. The second-order valence-electron chi connectivity index (χ2n) is 9.17. The number of ether oxygens (including phenoxy) is 1. The van der Waals surface area contributed by atoms with E-state index >= 15 is 0 Å². The lowest BCUT2D eigenvalue weighted by atomic mass is 9.65. The number of halogens is 3. The van der Waals surface area contributed by atoms with Gasteiger partial charge in [0.2, 0.25) is 11.8 Å². The average Bonchev–Trinajstić information content (AvgIpc) is 3.20. The Morgan fingerprint density at radius 2 is 1.91 bits per heavy atom. The predicted octanol–water partition coefficient (Wildman–Crippen LogP) is 2.27. The number of likely N-dealkylation sites (N-methyl/N-ethyl adjacent to an activating group) is 1. The number of hydrogen-bond acceptors (Lipinski definition) is 5. The smallest absolute Gasteiger partial charge is 0.475 e. The molecule has 2 fully saturated rings. The molecule has 2 amide bonds. The van der Waals surface area contributed by atoms with Crippen molar-refractivity contribution in [2.75, 3.05) is 33.9 Å². The van der Waals surface area contributed by atoms with E-state index in [0.29, 0.717) is 19.7 Å². The monoisotopic (exact) mass is 488 g/mol. The zero-order valence-electron chi connectivity index (χ0n) is 19.4. The van der Waals surface area contributed by atoms with Crippen LogP contribution in [0, 0.1) is 5.41 Å². The highest BCUT2D eigenvalue weighted by Gasteiger charge is 2.49. The summed E-state index contributed by atoms with van der Waals surface area (Å²) in [5.74, 6) is -2.38. The van der Waals surface area contributed by atoms with Gasteiger partial charge in [0.1, 0.15) is 6.04 Å². The van der Waals surface area contributed by atoms with Gasteiger partial charge in [-0.3, -0.25) is 14.3 Å². The van der Waals surface area contributed by atoms with Gasteiger partial charge in [0, 0.05) is 45.7 Å². The number of carbonyl (C=O) groups is 3. The third-order valence-corrected chi connectivity index (χ3v) is 7.08. The van der Waals surface area contributed by atoms with E-state index in [0.717, 1.165) is 50.6 Å². The maximum atomic E-state index is 13.0. The first-order valence-electron chi connectivity index (χ1n) is 11.4. The second kappa shape index (κ2) is 10.3. The summed E-state index contributed by atoms with van der Waals surface area (Å²) in [5, 5.41) is 11.5. The van der Waals surface area contributed by atoms with Crippen LogP contribution in [-0.2, 0) is 25.5 Å². The summed E-state index contributed by atoms with van der Waals surface area (Å²) in [7, 11) is 3.56. The van der Waals surface area contributed by atoms with E-state index in [9.17, 15) is 22.8 Å². The van der Waals surface area contributed by atoms with E-state index in [1.807, 2.05) is 27.6 Å². The predicted molar refractivity (Wildman–Crippen MR) is 114 cm³/mol. The fourth-order valence-electron chi connectivity index (χ4n) is 4.74. The van der Waals surface area contributed by atoms with Gasteiger partial charge >= 0.3 is 12.1 Å². The van der Waals surface area contributed by atoms with Crippen LogP contribution >= 0.6 is 0 Å². The Morgan fingerprint density at radius 1 is 1.26 bits per heavy atom. The number of rotatable bonds is 6. The maximum absolute atomic E-state index is 13.0. The van der Waals surface area contributed by atoms with Gasteiger partial charge in [-0.05, 0) is 44.6 Å². The molecule has 0 bridgehead atoms. The molecule has 34 heavy (non-hydrogen) atoms. The van der Waals surface area contributed by atoms with Gasteiger partial charge in [-0.25, -0.2) is 4.79 Å². The lowest BCUT2D eigenvalue weighted by molar-refractivity contribution is -0.192. The van der Waals surface area contributed by atoms with Gasteiger partial charge in [-0.15, -0.1) is 0 Å². The van der Waals surface area contributed by atoms with Crippen LogP contribution in [0.25, 0.3) is 0 Å². The largest absolute Gasteiger partial charge is 0.490 e. The van der Waals surface area contributed by atoms with Crippen LogP contribution in [0.4, 0.5) is 13.2 Å². The number of fused-ring (bicyclic) bond motifs is 1. The molecule has 9 nitrogen and oxygen atoms in total. The fraction of sp³-hybridized carbons (Fsp3) is 0.727. The Kier molecular flexibility index (Phi) is 7.89. The SMILES string of the molecule is COCCC1(C(=O)N2CC(N(C)C(=O)C3CCCc4ccnn43)C2)CCC1.O=C(O)C(F)(F)F. The van der Waals surface area contributed by atoms with Crippen LogP contribution in [0.1, 0.15) is 50.3 Å². The molecular weight excluding hydrogens is 457 g/mol. The zero-order chi connectivity index (χ0) is 25.1. The van der Waals surface area contributed by atoms with Gasteiger partial charge < -0.3 is 19.6 Å². The molecular formula is C22H31F3N4O5. The average molecular weight is 489 g/mol. The molecule has 190 valence electrons. The van der Waals surface area contributed by atoms with Crippen molar-refractivity contribution < 1.29 is 37.4 Å². The van der Waals surface area contributed by atoms with Crippen LogP contribution in [0.2, 0.25) is 0 Å². The van der Waals surface area contributed by atoms with Crippen LogP contribution in [0.3, 0.4) is 0 Å². The molecule has 1 N–H and O–H groups in total. The standard InChI is InChI=1S/C20H30N4O3.C2HF3O2/c1-22(18(25)17-6-3-5-15-7-11-21-24(15)17)16-13-23(14-16)19(26)20(8-4-9-20)10-12-27-2;3-2(4,5)1(6)7/h7,11,16-17H,3-6,8-10,12-14H2,1-2H3;(H,6,7). The molecule has 1 aliphatic carbocycles. The van der Waals surface area contributed by atoms with Gasteiger partial charge in [-0.1, -0.05) is 6.42 Å². The topological polar surface area (TPSA) is 105 Å². The zero-order valence-corrected chi connectivity index (χ0v) is 19.4. The summed E-state index contributed by atoms with van der Waals surface area (Å²) in [6, 6.07) is 1.92. The van der Waals surface area contributed by atoms with Crippen LogP contribution < -0.4 is 0 Å². The molecule has 1 atom stereocenters. The van der Waals surface area contributed by atoms with E-state index < -0.39 is 12.1 Å². The molecule has 1 unspecified atom stereocenters. The van der Waals surface area contributed by atoms with Crippen molar-refractivity contribution in [3.05, 3.63) is 18.0 Å². The Bertz CT molecular complexity index is 893. The first-order valence-corrected chi connectivity index (χ1v) is 11.4. The van der Waals surface area contributed by atoms with E-state index in [1.165, 1.54) is 0 Å². The summed E-state index contributed by atoms with van der Waals surface area (Å²) in [5.41, 5.74) is 0.931. The molecule has 3 aliphatic rings. The van der Waals surface area contributed by atoms with Gasteiger partial charge in [-0.2, -0.15) is 18.3 Å². The minimum atomic E-state index is -5.08. The molecule has 1 saturated heterocycles. The number of methoxy groups -OCH3 is 1. The van der Waals surface area contributed by atoms with Crippen molar-refractivity contribution in [1.29, 1.82) is 0 Å². The van der Waals surface area contributed by atoms with E-state index in [1.54, 1.807) is 13.3 Å². The Balaban J connectivity index is 0.000000406. The third kappa shape index (κ3) is 5.37. The minimum Gasteiger partial charge on any atom is -0.475 e. The number of carbonyl (C=O) groups excluding carboxylic acids is 2. The lowest BCUT2D eigenvalue weighted by Crippen LogP contribution is -2.65. The fourth-order valence-corrected chi connectivity index (χ4v) is 4.74. The highest BCUT2D eigenvalue weighted by Crippen LogP contribution is 2.46. The Morgan fingerprint density at radius 3 is 2.44 bits per heavy atom. The molecule has 0 aromatic carbocycles. The maximum Gasteiger partial charge on any atom is 0.490 e. The normalized spacial score (nSPS) is 21.3. The molecule has 4 rings (SSSR count). The number of likely N-dealkylation sites (tertiary alicyclic amines) is 1. The van der Waals surface area contributed by atoms with Crippen molar-refractivity contribution in [3.8, 4) is 0 Å². The quantitative estimate of drug-likeness (QED) is 0.659. The summed E-state index contributed by atoms with van der Waals surface area (Å²) >= 11 is 0. The highest BCUT2D eigenvalue weighted by molar-refractivity contribution is 5.85. The number of aryl methyl sites for hydroxylation is 1. The van der Waals surface area contributed by atoms with Crippen molar-refractivity contribution in [1.82, 2.24) is 19.6 Å². The number of amides is 2. The molecule has 2 aliphatic heterocycles. The summed E-state index contributed by atoms with van der Waals surface area (Å²) < 4.78 is 38.8. The summed E-state index contributed by atoms with van der Waals surface area (Å²) in [6.45, 7) is 1.93. The number of carboxylic acids is 1. The first kappa shape index (κ1) is 26.0. The van der Waals surface area contributed by atoms with E-state index in [4.69, 9.17) is 14.6 Å². The molecule has 1 aromatic heterocycles. The van der Waals surface area contributed by atoms with E-state index in [-0.39, 0.29) is 29.3 Å². The van der Waals surface area contributed by atoms with Crippen molar-refractivity contribution in [2.24, 2.45) is 5.41 Å². The number of aliphatic carboxylic acids is 1. The van der Waals surface area contributed by atoms with Crippen LogP contribution in [0.15, 0.2) is 12.3 Å². The molecule has 1 saturated carbocycles. The van der Waals surface area contributed by atoms with Crippen molar-refractivity contribution in [3.63, 3.8) is 0 Å². The van der Waals surface area contributed by atoms with Crippen molar-refractivity contribution >= 4 is 17.8 Å². The summed E-state index contributed by atoms with van der Waals surface area (Å²) in [6.07, 6.45) is 3.41. The number of alkyl halides is 3. The minimum absolute atomic E-state index is 0.113. The van der Waals surface area contributed by atoms with Crippen molar-refractivity contribution in [2.45, 2.75) is 63.2 Å². The highest BCUT2D eigenvalue weighted by atomic mass is 19.4.